The van der Waals surface area contributed by atoms with Crippen molar-refractivity contribution in [1.82, 2.24) is 98.7 Å². The first kappa shape index (κ1) is 98.1. The largest absolute Gasteiger partial charge is 0.487 e. The standard InChI is InChI=1S/C74H116N26O16S4/c1-45(2)37-56-66(107)93-60(46(3)4)69(110)89-55(22-13-27-84-72(80)81)63(104)87-53(20-11-25-82-70(76)77)62(103)86-52(61(75)102)19-8-9-24-85-73(111)113-31-35-119-117-33-29-98-40-48(94-96-98)43-115-50-17-10-18-51(39-50)116-44-49-41-99(97-95-49)30-34-118-120-36-32-114-74(112)100-28-14-23-59(100)68(109)88-54(21-12-26-83-71(78)79)64(105)92-58(42-101)67(108)91-57(65(106)90-56)38-47-15-6-5-7-16-47/h5-7,10,15-18,39-41,45-46,52-60,101H,8-9,11-14,19-38,42-44H2,1-4H3,(H2,75,102)(H,85,111)(H,86,103)(H,87,104)(H,88,109)(H,89,110)(H,90,106)(H,91,108)(H,92,105)(H,93,107)(H4,76,77,82)(H4,78,79,83)(H4,80,81,84)/t52-,53-,54-,55-,56-,57-,58-,59-,60-/m0/s1. The van der Waals surface area contributed by atoms with Crippen molar-refractivity contribution in [3.8, 4) is 11.5 Å². The Balaban J connectivity index is 1.19. The van der Waals surface area contributed by atoms with E-state index in [0.717, 1.165) is 0 Å². The number of nitrogens with one attached hydrogen (secondary N) is 15. The maximum atomic E-state index is 14.8. The Morgan fingerprint density at radius 3 is 1.53 bits per heavy atom. The van der Waals surface area contributed by atoms with Crippen LogP contribution in [0.4, 0.5) is 9.59 Å². The number of aliphatic hydroxyl groups excluding tert-OH is 1. The third-order valence-corrected chi connectivity index (χ3v) is 23.0. The molecule has 1 saturated heterocycles. The van der Waals surface area contributed by atoms with Crippen molar-refractivity contribution < 1.29 is 76.8 Å². The Kier molecular flexibility index (Phi) is 43.9. The highest BCUT2D eigenvalue weighted by molar-refractivity contribution is 8.77. The summed E-state index contributed by atoms with van der Waals surface area (Å²) < 4.78 is 26.4. The van der Waals surface area contributed by atoms with Crippen LogP contribution in [0.2, 0.25) is 0 Å². The van der Waals surface area contributed by atoms with Crippen LogP contribution in [0.3, 0.4) is 0 Å². The van der Waals surface area contributed by atoms with E-state index in [1.807, 2.05) is 0 Å². The monoisotopic (exact) mass is 1750 g/mol. The molecule has 4 aromatic rings. The molecule has 2 aromatic carbocycles. The van der Waals surface area contributed by atoms with E-state index < -0.39 is 132 Å². The number of nitrogens with two attached hydrogens (primary N) is 4. The average molecular weight is 1750 g/mol. The Morgan fingerprint density at radius 2 is 1.01 bits per heavy atom. The molecule has 6 rings (SSSR count). The van der Waals surface area contributed by atoms with Gasteiger partial charge in [-0.1, -0.05) is 118 Å². The maximum Gasteiger partial charge on any atom is 0.410 e. The van der Waals surface area contributed by atoms with E-state index in [9.17, 15) is 57.8 Å². The van der Waals surface area contributed by atoms with Crippen molar-refractivity contribution >= 4 is 126 Å². The zero-order valence-electron chi connectivity index (χ0n) is 67.9. The van der Waals surface area contributed by atoms with E-state index in [-0.39, 0.29) is 147 Å². The fourth-order valence-electron chi connectivity index (χ4n) is 12.2. The highest BCUT2D eigenvalue weighted by Crippen LogP contribution is 2.26. The molecule has 662 valence electrons. The number of amides is 11. The van der Waals surface area contributed by atoms with Crippen molar-refractivity contribution in [2.24, 2.45) is 34.8 Å². The van der Waals surface area contributed by atoms with Gasteiger partial charge in [0.15, 0.2) is 17.9 Å². The number of aliphatic hydroxyl groups is 1. The third-order valence-electron chi connectivity index (χ3n) is 18.3. The molecule has 1 fully saturated rings. The minimum Gasteiger partial charge on any atom is -0.487 e. The average Bonchev–Trinajstić information content (AvgIpc) is 0.869. The molecule has 0 unspecified atom stereocenters. The first-order valence-electron chi connectivity index (χ1n) is 39.6. The minimum absolute atomic E-state index is 0.0132. The van der Waals surface area contributed by atoms with E-state index in [0.29, 0.717) is 83.8 Å². The summed E-state index contributed by atoms with van der Waals surface area (Å²) in [5.74, 6) is -6.63. The number of hydrogen-bond donors (Lipinski definition) is 20. The molecule has 0 saturated carbocycles. The predicted octanol–water partition coefficient (Wildman–Crippen LogP) is -0.608. The van der Waals surface area contributed by atoms with Crippen LogP contribution in [-0.4, -0.2) is 253 Å². The van der Waals surface area contributed by atoms with Gasteiger partial charge in [0.25, 0.3) is 0 Å². The third kappa shape index (κ3) is 37.3. The highest BCUT2D eigenvalue weighted by atomic mass is 33.1. The van der Waals surface area contributed by atoms with E-state index in [2.05, 4.69) is 84.4 Å². The smallest absolute Gasteiger partial charge is 0.410 e. The molecule has 42 nitrogen and oxygen atoms in total. The number of nitrogens with zero attached hydrogens (tertiary/aromatic N) is 7. The Labute approximate surface area is 711 Å². The molecule has 4 heterocycles. The van der Waals surface area contributed by atoms with Gasteiger partial charge in [0.2, 0.25) is 53.2 Å². The molecule has 2 aromatic heterocycles. The fourth-order valence-corrected chi connectivity index (χ4v) is 15.8. The summed E-state index contributed by atoms with van der Waals surface area (Å²) in [6.07, 6.45) is 3.41. The van der Waals surface area contributed by atoms with Crippen LogP contribution in [0.5, 0.6) is 11.5 Å². The van der Waals surface area contributed by atoms with Gasteiger partial charge in [-0.2, -0.15) is 0 Å². The first-order valence-corrected chi connectivity index (χ1v) is 44.6. The second-order valence-corrected chi connectivity index (χ2v) is 34.2. The molecule has 6 bridgehead atoms. The van der Waals surface area contributed by atoms with E-state index in [4.69, 9.17) is 58.1 Å². The van der Waals surface area contributed by atoms with Crippen molar-refractivity contribution in [2.45, 2.75) is 192 Å². The van der Waals surface area contributed by atoms with Crippen molar-refractivity contribution in [3.63, 3.8) is 0 Å². The summed E-state index contributed by atoms with van der Waals surface area (Å²) in [7, 11) is 6.07. The number of aromatic nitrogens is 6. The molecule has 0 spiro atoms. The fraction of sp³-hybridized carbons (Fsp3) is 0.595. The van der Waals surface area contributed by atoms with Gasteiger partial charge in [0.1, 0.15) is 104 Å². The molecular weight excluding hydrogens is 1640 g/mol. The second kappa shape index (κ2) is 53.7. The van der Waals surface area contributed by atoms with Crippen molar-refractivity contribution in [3.05, 3.63) is 83.9 Å². The normalized spacial score (nSPS) is 22.3. The zero-order chi connectivity index (χ0) is 87.3. The maximum absolute atomic E-state index is 14.8. The lowest BCUT2D eigenvalue weighted by molar-refractivity contribution is -0.137. The highest BCUT2D eigenvalue weighted by Gasteiger charge is 2.39. The van der Waals surface area contributed by atoms with E-state index >= 15 is 0 Å². The molecule has 9 atom stereocenters. The SMILES string of the molecule is CC(C)C[C@@H]1NC(=O)[C@H](Cc2ccccc2)NC(=O)[C@H](CO)NC(=O)[C@H](CCCNC(=N)N)NC(=O)[C@@H]2CCCN2C(=O)OCCSSCCn2cc(nn2)COc2cccc(c2)OCc2cn(nn2)CCSSCCOC(=O)NCCCC[C@@H](C(N)=O)NC(=O)[C@H](CCCNC(=N)N)NC(=O)[C@H](CCCNC(=N)N)NC(=O)[C@H](C(C)C)NC1=O. The number of rotatable bonds is 19. The Hall–Kier alpha value is -10.7. The molecule has 46 heteroatoms. The molecule has 2 aliphatic heterocycles. The van der Waals surface area contributed by atoms with Crippen LogP contribution in [0.25, 0.3) is 0 Å². The number of alkyl carbamates (subject to hydrolysis) is 1. The zero-order valence-corrected chi connectivity index (χ0v) is 71.1. The molecule has 0 radical (unpaired) electrons. The number of primary amides is 1. The summed E-state index contributed by atoms with van der Waals surface area (Å²) in [5, 5.41) is 82.6. The van der Waals surface area contributed by atoms with Gasteiger partial charge in [0, 0.05) is 68.2 Å². The van der Waals surface area contributed by atoms with Gasteiger partial charge < -0.3 is 111 Å². The molecule has 120 heavy (non-hydrogen) atoms. The number of carbonyl (C=O) groups is 11. The second-order valence-electron chi connectivity index (χ2n) is 28.8. The summed E-state index contributed by atoms with van der Waals surface area (Å²) in [4.78, 5) is 156. The number of benzene rings is 2. The lowest BCUT2D eigenvalue weighted by Gasteiger charge is -2.30. The van der Waals surface area contributed by atoms with Crippen LogP contribution in [0, 0.1) is 28.1 Å². The lowest BCUT2D eigenvalue weighted by Crippen LogP contribution is -2.61. The van der Waals surface area contributed by atoms with Crippen LogP contribution < -0.4 is 96.2 Å². The van der Waals surface area contributed by atoms with Crippen molar-refractivity contribution in [1.29, 1.82) is 16.2 Å². The van der Waals surface area contributed by atoms with Gasteiger partial charge >= 0.3 is 12.2 Å². The summed E-state index contributed by atoms with van der Waals surface area (Å²) in [5.41, 5.74) is 24.2. The molecule has 24 N–H and O–H groups in total. The van der Waals surface area contributed by atoms with Crippen LogP contribution in [0.1, 0.15) is 122 Å². The van der Waals surface area contributed by atoms with Crippen LogP contribution in [-0.2, 0) is 85.3 Å². The molecule has 11 amide bonds. The van der Waals surface area contributed by atoms with Gasteiger partial charge in [-0.15, -0.1) is 10.2 Å². The summed E-state index contributed by atoms with van der Waals surface area (Å²) in [6, 6.07) is 3.08. The molecule has 2 aliphatic rings. The number of aryl methyl sites for hydroxylation is 2. The number of guanidine groups is 3. The topological polar surface area (TPSA) is 630 Å². The first-order chi connectivity index (χ1) is 57.5. The quantitative estimate of drug-likeness (QED) is 0.0241. The number of hydrogen-bond acceptors (Lipinski definition) is 27. The molecule has 0 aliphatic carbocycles. The number of ether oxygens (including phenoxy) is 4. The number of fused-ring (bicyclic) bond motifs is 7. The lowest BCUT2D eigenvalue weighted by atomic mass is 9.98. The van der Waals surface area contributed by atoms with Gasteiger partial charge in [-0.3, -0.25) is 73.6 Å². The Bertz CT molecular complexity index is 3980. The van der Waals surface area contributed by atoms with Gasteiger partial charge in [0.05, 0.1) is 32.1 Å². The molecular formula is C74H116N26O16S4. The summed E-state index contributed by atoms with van der Waals surface area (Å²) >= 11 is 0. The minimum atomic E-state index is -1.74. The number of carbonyl (C=O) groups excluding carboxylic acids is 11. The predicted molar refractivity (Wildman–Crippen MR) is 453 cm³/mol. The van der Waals surface area contributed by atoms with Crippen molar-refractivity contribution in [2.75, 3.05) is 75.6 Å². The Morgan fingerprint density at radius 1 is 0.533 bits per heavy atom. The van der Waals surface area contributed by atoms with Gasteiger partial charge in [-0.05, 0) is 107 Å². The van der Waals surface area contributed by atoms with Gasteiger partial charge in [-0.25, -0.2) is 9.59 Å². The summed E-state index contributed by atoms with van der Waals surface area (Å²) in [6.45, 7) is 7.84. The van der Waals surface area contributed by atoms with Crippen LogP contribution >= 0.6 is 43.2 Å². The number of cyclic esters (lactones) is 2. The van der Waals surface area contributed by atoms with E-state index in [1.54, 1.807) is 115 Å². The van der Waals surface area contributed by atoms with Crippen LogP contribution in [0.15, 0.2) is 67.0 Å². The van der Waals surface area contributed by atoms with E-state index in [1.165, 1.54) is 37.3 Å².